The zero-order valence-corrected chi connectivity index (χ0v) is 22.3. The highest BCUT2D eigenvalue weighted by atomic mass is 127. The molecule has 0 saturated heterocycles. The van der Waals surface area contributed by atoms with Gasteiger partial charge in [0.15, 0.2) is 11.8 Å². The normalized spacial score (nSPS) is 12.3. The van der Waals surface area contributed by atoms with Crippen molar-refractivity contribution < 1.29 is 9.26 Å². The number of thiazole rings is 1. The molecule has 0 saturated carbocycles. The first-order valence-corrected chi connectivity index (χ1v) is 11.2. The van der Waals surface area contributed by atoms with Crippen molar-refractivity contribution in [3.63, 3.8) is 0 Å². The summed E-state index contributed by atoms with van der Waals surface area (Å²) in [5.41, 5.74) is 3.02. The molecule has 1 aromatic carbocycles. The second kappa shape index (κ2) is 12.9. The summed E-state index contributed by atoms with van der Waals surface area (Å²) in [5, 5.41) is 10.5. The summed E-state index contributed by atoms with van der Waals surface area (Å²) < 4.78 is 10.8. The molecule has 2 aromatic heterocycles. The van der Waals surface area contributed by atoms with Crippen LogP contribution in [0, 0.1) is 0 Å². The Morgan fingerprint density at radius 2 is 2.16 bits per heavy atom. The number of aryl methyl sites for hydroxylation is 1. The number of aromatic nitrogens is 3. The van der Waals surface area contributed by atoms with Crippen molar-refractivity contribution >= 4 is 41.3 Å². The number of ether oxygens (including phenoxy) is 1. The van der Waals surface area contributed by atoms with Crippen molar-refractivity contribution in [3.05, 3.63) is 51.7 Å². The molecule has 0 spiro atoms. The van der Waals surface area contributed by atoms with E-state index in [0.717, 1.165) is 46.5 Å². The third-order valence-corrected chi connectivity index (χ3v) is 5.86. The van der Waals surface area contributed by atoms with E-state index < -0.39 is 0 Å². The number of guanidine groups is 1. The van der Waals surface area contributed by atoms with Crippen molar-refractivity contribution in [2.45, 2.75) is 45.9 Å². The van der Waals surface area contributed by atoms with Crippen molar-refractivity contribution in [3.8, 4) is 11.5 Å². The smallest absolute Gasteiger partial charge is 0.257 e. The Labute approximate surface area is 210 Å². The molecule has 1 unspecified atom stereocenters. The number of benzene rings is 1. The van der Waals surface area contributed by atoms with Gasteiger partial charge in [0.05, 0.1) is 12.2 Å². The molecule has 3 aromatic rings. The van der Waals surface area contributed by atoms with Crippen LogP contribution in [0.5, 0.6) is 0 Å². The van der Waals surface area contributed by atoms with Gasteiger partial charge in [0.1, 0.15) is 11.1 Å². The number of methoxy groups -OCH3 is 1. The molecule has 0 aliphatic heterocycles. The quantitative estimate of drug-likeness (QED) is 0.227. The fourth-order valence-electron chi connectivity index (χ4n) is 3.08. The molecular formula is C22H31IN6O2S. The van der Waals surface area contributed by atoms with Crippen LogP contribution in [0.15, 0.2) is 39.2 Å². The molecule has 32 heavy (non-hydrogen) atoms. The summed E-state index contributed by atoms with van der Waals surface area (Å²) in [6, 6.07) is 8.10. The van der Waals surface area contributed by atoms with Crippen molar-refractivity contribution in [1.29, 1.82) is 0 Å². The predicted molar refractivity (Wildman–Crippen MR) is 138 cm³/mol. The molecule has 0 bridgehead atoms. The molecule has 8 nitrogen and oxygen atoms in total. The molecule has 10 heteroatoms. The number of hydrogen-bond acceptors (Lipinski definition) is 7. The van der Waals surface area contributed by atoms with Crippen LogP contribution in [0.3, 0.4) is 0 Å². The largest absolute Gasteiger partial charge is 0.375 e. The molecule has 1 N–H and O–H groups in total. The van der Waals surface area contributed by atoms with E-state index in [9.17, 15) is 0 Å². The van der Waals surface area contributed by atoms with Crippen molar-refractivity contribution in [2.75, 3.05) is 21.2 Å². The second-order valence-corrected chi connectivity index (χ2v) is 8.17. The average molecular weight is 571 g/mol. The lowest BCUT2D eigenvalue weighted by Gasteiger charge is -2.21. The van der Waals surface area contributed by atoms with Crippen LogP contribution in [0.2, 0.25) is 0 Å². The Hall–Kier alpha value is -2.05. The Morgan fingerprint density at radius 3 is 2.88 bits per heavy atom. The molecule has 0 radical (unpaired) electrons. The molecule has 0 amide bonds. The summed E-state index contributed by atoms with van der Waals surface area (Å²) in [5.74, 6) is 2.09. The third kappa shape index (κ3) is 6.97. The second-order valence-electron chi connectivity index (χ2n) is 7.28. The highest BCUT2D eigenvalue weighted by molar-refractivity contribution is 14.0. The summed E-state index contributed by atoms with van der Waals surface area (Å²) in [4.78, 5) is 15.6. The maximum Gasteiger partial charge on any atom is 0.257 e. The van der Waals surface area contributed by atoms with Gasteiger partial charge in [0.2, 0.25) is 0 Å². The van der Waals surface area contributed by atoms with E-state index in [4.69, 9.17) is 9.26 Å². The van der Waals surface area contributed by atoms with Crippen molar-refractivity contribution in [2.24, 2.45) is 4.99 Å². The number of halogens is 1. The third-order valence-electron chi connectivity index (χ3n) is 4.81. The zero-order chi connectivity index (χ0) is 22.2. The van der Waals surface area contributed by atoms with E-state index in [-0.39, 0.29) is 30.1 Å². The minimum atomic E-state index is 0. The van der Waals surface area contributed by atoms with Crippen LogP contribution < -0.4 is 5.32 Å². The van der Waals surface area contributed by atoms with Gasteiger partial charge in [-0.05, 0) is 31.0 Å². The number of nitrogens with zero attached hydrogens (tertiary/aromatic N) is 5. The molecule has 1 atom stereocenters. The van der Waals surface area contributed by atoms with Gasteiger partial charge in [-0.1, -0.05) is 24.2 Å². The molecular weight excluding hydrogens is 539 g/mol. The standard InChI is InChI=1S/C22H30N6O2S.HI/c1-6-8-19-26-20(30-27-19)17-10-7-9-16(11-17)12-24-22(23-3)28(4)13-18-14-31-21(25-18)15(2)29-5;/h7,9-11,14-15H,6,8,12-13H2,1-5H3,(H,23,24);1H. The van der Waals surface area contributed by atoms with Crippen LogP contribution in [0.4, 0.5) is 0 Å². The highest BCUT2D eigenvalue weighted by Crippen LogP contribution is 2.21. The number of rotatable bonds is 9. The maximum atomic E-state index is 5.41. The van der Waals surface area contributed by atoms with Gasteiger partial charge in [0.25, 0.3) is 5.89 Å². The SMILES string of the molecule is CCCc1noc(-c2cccc(CNC(=NC)N(C)Cc3csc(C(C)OC)n3)c2)n1.I. The number of nitrogens with one attached hydrogen (secondary N) is 1. The fourth-order valence-corrected chi connectivity index (χ4v) is 3.92. The Kier molecular flexibility index (Phi) is 10.5. The predicted octanol–water partition coefficient (Wildman–Crippen LogP) is 4.68. The summed E-state index contributed by atoms with van der Waals surface area (Å²) in [7, 11) is 5.47. The Morgan fingerprint density at radius 1 is 1.34 bits per heavy atom. The van der Waals surface area contributed by atoms with E-state index >= 15 is 0 Å². The molecule has 3 rings (SSSR count). The van der Waals surface area contributed by atoms with Gasteiger partial charge in [0, 0.05) is 45.1 Å². The first-order valence-electron chi connectivity index (χ1n) is 10.3. The molecule has 0 aliphatic rings. The van der Waals surface area contributed by atoms with Gasteiger partial charge in [-0.3, -0.25) is 4.99 Å². The van der Waals surface area contributed by atoms with Crippen LogP contribution in [0.25, 0.3) is 11.5 Å². The van der Waals surface area contributed by atoms with E-state index in [1.165, 1.54) is 0 Å². The van der Waals surface area contributed by atoms with Gasteiger partial charge < -0.3 is 19.5 Å². The lowest BCUT2D eigenvalue weighted by Crippen LogP contribution is -2.38. The lowest BCUT2D eigenvalue weighted by atomic mass is 10.1. The Bertz CT molecular complexity index is 1010. The van der Waals surface area contributed by atoms with Crippen LogP contribution in [-0.2, 0) is 24.2 Å². The molecule has 174 valence electrons. The van der Waals surface area contributed by atoms with Crippen LogP contribution in [-0.4, -0.2) is 47.2 Å². The summed E-state index contributed by atoms with van der Waals surface area (Å²) in [6.07, 6.45) is 1.81. The number of aliphatic imine (C=N–C) groups is 1. The summed E-state index contributed by atoms with van der Waals surface area (Å²) >= 11 is 1.61. The molecule has 0 aliphatic carbocycles. The minimum absolute atomic E-state index is 0. The molecule has 2 heterocycles. The molecule has 0 fully saturated rings. The fraction of sp³-hybridized carbons (Fsp3) is 0.455. The van der Waals surface area contributed by atoms with Gasteiger partial charge >= 0.3 is 0 Å². The van der Waals surface area contributed by atoms with Crippen molar-refractivity contribution in [1.82, 2.24) is 25.3 Å². The first-order chi connectivity index (χ1) is 15.0. The van der Waals surface area contributed by atoms with Gasteiger partial charge in [-0.2, -0.15) is 4.98 Å². The monoisotopic (exact) mass is 570 g/mol. The number of hydrogen-bond donors (Lipinski definition) is 1. The zero-order valence-electron chi connectivity index (χ0n) is 19.2. The van der Waals surface area contributed by atoms with E-state index in [1.54, 1.807) is 25.5 Å². The topological polar surface area (TPSA) is 88.7 Å². The van der Waals surface area contributed by atoms with E-state index in [0.29, 0.717) is 19.0 Å². The van der Waals surface area contributed by atoms with Crippen LogP contribution in [0.1, 0.15) is 48.5 Å². The van der Waals surface area contributed by atoms with Crippen LogP contribution >= 0.6 is 35.3 Å². The maximum absolute atomic E-state index is 5.41. The highest BCUT2D eigenvalue weighted by Gasteiger charge is 2.13. The lowest BCUT2D eigenvalue weighted by molar-refractivity contribution is 0.119. The van der Waals surface area contributed by atoms with E-state index in [1.807, 2.05) is 26.1 Å². The Balaban J connectivity index is 0.00000363. The average Bonchev–Trinajstić information content (AvgIpc) is 3.44. The van der Waals surface area contributed by atoms with E-state index in [2.05, 4.69) is 54.8 Å². The van der Waals surface area contributed by atoms with Gasteiger partial charge in [-0.25, -0.2) is 4.98 Å². The summed E-state index contributed by atoms with van der Waals surface area (Å²) in [6.45, 7) is 5.39. The minimum Gasteiger partial charge on any atom is -0.375 e. The van der Waals surface area contributed by atoms with Gasteiger partial charge in [-0.15, -0.1) is 35.3 Å². The first kappa shape index (κ1) is 26.2.